The molecule has 0 fully saturated rings. The lowest BCUT2D eigenvalue weighted by atomic mass is 10.0. The number of nitrogens with zero attached hydrogens (tertiary/aromatic N) is 1. The standard InChI is InChI=1S/C18H14N2O2/c1-11-12(2)22-18(16(11)10-19)20-17(21)15-9-5-7-13-6-3-4-8-14(13)15/h3-9H,1-2H3,(H,20,21). The van der Waals surface area contributed by atoms with E-state index in [1.807, 2.05) is 36.4 Å². The maximum Gasteiger partial charge on any atom is 0.258 e. The second kappa shape index (κ2) is 5.38. The van der Waals surface area contributed by atoms with Crippen molar-refractivity contribution in [3.8, 4) is 6.07 Å². The van der Waals surface area contributed by atoms with Crippen molar-refractivity contribution in [2.45, 2.75) is 13.8 Å². The first-order valence-electron chi connectivity index (χ1n) is 6.91. The molecule has 3 rings (SSSR count). The van der Waals surface area contributed by atoms with Crippen LogP contribution < -0.4 is 5.32 Å². The first-order chi connectivity index (χ1) is 10.6. The molecule has 4 nitrogen and oxygen atoms in total. The lowest BCUT2D eigenvalue weighted by molar-refractivity contribution is 0.102. The van der Waals surface area contributed by atoms with Crippen molar-refractivity contribution < 1.29 is 9.21 Å². The average Bonchev–Trinajstić information content (AvgIpc) is 2.80. The zero-order valence-electron chi connectivity index (χ0n) is 12.3. The van der Waals surface area contributed by atoms with Crippen molar-refractivity contribution in [2.75, 3.05) is 5.32 Å². The van der Waals surface area contributed by atoms with Gasteiger partial charge in [-0.05, 0) is 30.7 Å². The van der Waals surface area contributed by atoms with Crippen LogP contribution in [0.2, 0.25) is 0 Å². The van der Waals surface area contributed by atoms with Crippen molar-refractivity contribution in [2.24, 2.45) is 0 Å². The van der Waals surface area contributed by atoms with Gasteiger partial charge in [0.25, 0.3) is 5.91 Å². The molecule has 1 N–H and O–H groups in total. The van der Waals surface area contributed by atoms with Gasteiger partial charge in [0.2, 0.25) is 5.88 Å². The fourth-order valence-corrected chi connectivity index (χ4v) is 2.44. The van der Waals surface area contributed by atoms with Crippen molar-refractivity contribution in [3.05, 3.63) is 64.9 Å². The molecule has 3 aromatic rings. The summed E-state index contributed by atoms with van der Waals surface area (Å²) in [7, 11) is 0. The Bertz CT molecular complexity index is 911. The van der Waals surface area contributed by atoms with Crippen LogP contribution in [0.1, 0.15) is 27.2 Å². The molecule has 0 unspecified atom stereocenters. The number of benzene rings is 2. The Labute approximate surface area is 128 Å². The van der Waals surface area contributed by atoms with Crippen LogP contribution in [0.25, 0.3) is 10.8 Å². The Kier molecular flexibility index (Phi) is 3.40. The minimum Gasteiger partial charge on any atom is -0.444 e. The van der Waals surface area contributed by atoms with E-state index in [0.29, 0.717) is 16.9 Å². The van der Waals surface area contributed by atoms with Crippen LogP contribution in [0.4, 0.5) is 5.88 Å². The Morgan fingerprint density at radius 1 is 1.14 bits per heavy atom. The van der Waals surface area contributed by atoms with E-state index in [9.17, 15) is 10.1 Å². The van der Waals surface area contributed by atoms with Gasteiger partial charge in [-0.2, -0.15) is 5.26 Å². The number of amides is 1. The third-order valence-corrected chi connectivity index (χ3v) is 3.76. The highest BCUT2D eigenvalue weighted by molar-refractivity contribution is 6.12. The van der Waals surface area contributed by atoms with Crippen molar-refractivity contribution in [1.82, 2.24) is 0 Å². The molecule has 4 heteroatoms. The molecule has 0 aliphatic rings. The van der Waals surface area contributed by atoms with Gasteiger partial charge in [0.05, 0.1) is 0 Å². The summed E-state index contributed by atoms with van der Waals surface area (Å²) in [4.78, 5) is 12.5. The number of carbonyl (C=O) groups excluding carboxylic acids is 1. The maximum absolute atomic E-state index is 12.5. The van der Waals surface area contributed by atoms with Crippen LogP contribution in [0.15, 0.2) is 46.9 Å². The number of aryl methyl sites for hydroxylation is 1. The molecule has 0 bridgehead atoms. The first kappa shape index (κ1) is 13.9. The van der Waals surface area contributed by atoms with Crippen molar-refractivity contribution >= 4 is 22.6 Å². The molecular weight excluding hydrogens is 276 g/mol. The Morgan fingerprint density at radius 2 is 1.86 bits per heavy atom. The molecule has 108 valence electrons. The van der Waals surface area contributed by atoms with Crippen LogP contribution in [-0.2, 0) is 0 Å². The summed E-state index contributed by atoms with van der Waals surface area (Å²) in [5.41, 5.74) is 1.66. The zero-order valence-corrected chi connectivity index (χ0v) is 12.3. The van der Waals surface area contributed by atoms with E-state index < -0.39 is 0 Å². The topological polar surface area (TPSA) is 66.0 Å². The third-order valence-electron chi connectivity index (χ3n) is 3.76. The molecule has 0 aliphatic heterocycles. The molecule has 0 saturated carbocycles. The quantitative estimate of drug-likeness (QED) is 0.770. The highest BCUT2D eigenvalue weighted by Crippen LogP contribution is 2.26. The summed E-state index contributed by atoms with van der Waals surface area (Å²) in [6, 6.07) is 15.3. The number of rotatable bonds is 2. The normalized spacial score (nSPS) is 10.4. The van der Waals surface area contributed by atoms with Gasteiger partial charge < -0.3 is 4.42 Å². The molecule has 1 aromatic heterocycles. The smallest absolute Gasteiger partial charge is 0.258 e. The number of nitrogens with one attached hydrogen (secondary N) is 1. The summed E-state index contributed by atoms with van der Waals surface area (Å²) >= 11 is 0. The highest BCUT2D eigenvalue weighted by atomic mass is 16.4. The van der Waals surface area contributed by atoms with Crippen LogP contribution in [0.5, 0.6) is 0 Å². The summed E-state index contributed by atoms with van der Waals surface area (Å²) in [5, 5.41) is 13.8. The minimum absolute atomic E-state index is 0.204. The molecule has 2 aromatic carbocycles. The number of furan rings is 1. The van der Waals surface area contributed by atoms with Crippen LogP contribution in [0, 0.1) is 25.2 Å². The van der Waals surface area contributed by atoms with Crippen LogP contribution in [0.3, 0.4) is 0 Å². The van der Waals surface area contributed by atoms with E-state index in [0.717, 1.165) is 16.3 Å². The van der Waals surface area contributed by atoms with Gasteiger partial charge in [0.1, 0.15) is 17.4 Å². The maximum atomic E-state index is 12.5. The lowest BCUT2D eigenvalue weighted by Gasteiger charge is -2.06. The van der Waals surface area contributed by atoms with Crippen molar-refractivity contribution in [1.29, 1.82) is 5.26 Å². The van der Waals surface area contributed by atoms with Gasteiger partial charge in [-0.3, -0.25) is 10.1 Å². The minimum atomic E-state index is -0.290. The molecule has 0 aliphatic carbocycles. The molecule has 0 atom stereocenters. The molecule has 0 radical (unpaired) electrons. The van der Waals surface area contributed by atoms with E-state index in [-0.39, 0.29) is 11.8 Å². The van der Waals surface area contributed by atoms with Gasteiger partial charge >= 0.3 is 0 Å². The summed E-state index contributed by atoms with van der Waals surface area (Å²) in [6.07, 6.45) is 0. The second-order valence-corrected chi connectivity index (χ2v) is 5.08. The molecular formula is C18H14N2O2. The largest absolute Gasteiger partial charge is 0.444 e. The van der Waals surface area contributed by atoms with Gasteiger partial charge in [0.15, 0.2) is 0 Å². The van der Waals surface area contributed by atoms with E-state index in [1.165, 1.54) is 0 Å². The number of nitriles is 1. The van der Waals surface area contributed by atoms with Crippen LogP contribution >= 0.6 is 0 Å². The molecule has 1 heterocycles. The Morgan fingerprint density at radius 3 is 2.64 bits per heavy atom. The van der Waals surface area contributed by atoms with E-state index in [4.69, 9.17) is 4.42 Å². The van der Waals surface area contributed by atoms with Gasteiger partial charge in [-0.15, -0.1) is 0 Å². The predicted molar refractivity (Wildman–Crippen MR) is 84.8 cm³/mol. The van der Waals surface area contributed by atoms with Gasteiger partial charge in [-0.25, -0.2) is 0 Å². The number of hydrogen-bond donors (Lipinski definition) is 1. The number of fused-ring (bicyclic) bond motifs is 1. The average molecular weight is 290 g/mol. The van der Waals surface area contributed by atoms with Gasteiger partial charge in [-0.1, -0.05) is 36.4 Å². The van der Waals surface area contributed by atoms with Crippen LogP contribution in [-0.4, -0.2) is 5.91 Å². The summed E-state index contributed by atoms with van der Waals surface area (Å²) in [5.74, 6) is 0.544. The molecule has 1 amide bonds. The van der Waals surface area contributed by atoms with E-state index in [2.05, 4.69) is 11.4 Å². The third kappa shape index (κ3) is 2.23. The Hall–Kier alpha value is -3.06. The molecule has 22 heavy (non-hydrogen) atoms. The number of carbonyl (C=O) groups is 1. The van der Waals surface area contributed by atoms with E-state index in [1.54, 1.807) is 19.9 Å². The lowest BCUT2D eigenvalue weighted by Crippen LogP contribution is -2.12. The zero-order chi connectivity index (χ0) is 15.7. The second-order valence-electron chi connectivity index (χ2n) is 5.08. The summed E-state index contributed by atoms with van der Waals surface area (Å²) in [6.45, 7) is 3.56. The summed E-state index contributed by atoms with van der Waals surface area (Å²) < 4.78 is 5.49. The fourth-order valence-electron chi connectivity index (χ4n) is 2.44. The number of anilines is 1. The number of hydrogen-bond acceptors (Lipinski definition) is 3. The highest BCUT2D eigenvalue weighted by Gasteiger charge is 2.18. The fraction of sp³-hybridized carbons (Fsp3) is 0.111. The first-order valence-corrected chi connectivity index (χ1v) is 6.91. The SMILES string of the molecule is Cc1oc(NC(=O)c2cccc3ccccc23)c(C#N)c1C. The molecule has 0 saturated heterocycles. The predicted octanol–water partition coefficient (Wildman–Crippen LogP) is 4.17. The van der Waals surface area contributed by atoms with Crippen molar-refractivity contribution in [3.63, 3.8) is 0 Å². The Balaban J connectivity index is 2.02. The molecule has 0 spiro atoms. The monoisotopic (exact) mass is 290 g/mol. The van der Waals surface area contributed by atoms with E-state index >= 15 is 0 Å². The van der Waals surface area contributed by atoms with Gasteiger partial charge in [0, 0.05) is 11.1 Å².